The minimum Gasteiger partial charge on any atom is -0.294 e. The van der Waals surface area contributed by atoms with E-state index in [1.807, 2.05) is 0 Å². The van der Waals surface area contributed by atoms with Crippen LogP contribution in [0.1, 0.15) is 92.4 Å². The van der Waals surface area contributed by atoms with Gasteiger partial charge < -0.3 is 0 Å². The molecule has 23 heavy (non-hydrogen) atoms. The van der Waals surface area contributed by atoms with Gasteiger partial charge in [-0.25, -0.2) is 0 Å². The van der Waals surface area contributed by atoms with Crippen molar-refractivity contribution in [1.82, 2.24) is 4.90 Å². The number of rotatable bonds is 1. The summed E-state index contributed by atoms with van der Waals surface area (Å²) in [4.78, 5) is 2.68. The molecule has 2 aliphatic carbocycles. The van der Waals surface area contributed by atoms with E-state index in [0.717, 1.165) is 12.0 Å². The molecule has 1 heteroatoms. The molecule has 2 fully saturated rings. The first-order chi connectivity index (χ1) is 10.7. The van der Waals surface area contributed by atoms with Crippen molar-refractivity contribution in [1.29, 1.82) is 0 Å². The lowest BCUT2D eigenvalue weighted by Crippen LogP contribution is -2.52. The molecule has 1 heterocycles. The van der Waals surface area contributed by atoms with E-state index in [1.54, 1.807) is 5.57 Å². The van der Waals surface area contributed by atoms with E-state index >= 15 is 0 Å². The zero-order valence-corrected chi connectivity index (χ0v) is 16.5. The van der Waals surface area contributed by atoms with E-state index in [1.165, 1.54) is 57.8 Å². The average Bonchev–Trinajstić information content (AvgIpc) is 2.66. The summed E-state index contributed by atoms with van der Waals surface area (Å²) in [5.74, 6) is 0.794. The van der Waals surface area contributed by atoms with Crippen LogP contribution in [-0.2, 0) is 0 Å². The lowest BCUT2D eigenvalue weighted by Gasteiger charge is -2.49. The van der Waals surface area contributed by atoms with Crippen LogP contribution in [0.3, 0.4) is 0 Å². The third kappa shape index (κ3) is 2.92. The second-order valence-electron chi connectivity index (χ2n) is 10.1. The molecule has 3 atom stereocenters. The van der Waals surface area contributed by atoms with Crippen molar-refractivity contribution in [2.24, 2.45) is 16.7 Å². The van der Waals surface area contributed by atoms with Gasteiger partial charge in [0.05, 0.1) is 0 Å². The van der Waals surface area contributed by atoms with Crippen molar-refractivity contribution in [2.75, 3.05) is 7.05 Å². The summed E-state index contributed by atoms with van der Waals surface area (Å²) >= 11 is 0. The maximum absolute atomic E-state index is 2.68. The first-order valence-electron chi connectivity index (χ1n) is 10.1. The maximum Gasteiger partial charge on any atom is 0.0337 e. The molecule has 3 aliphatic rings. The highest BCUT2D eigenvalue weighted by molar-refractivity contribution is 5.21. The zero-order valence-electron chi connectivity index (χ0n) is 16.5. The molecule has 0 spiro atoms. The Balaban J connectivity index is 1.84. The lowest BCUT2D eigenvalue weighted by atomic mass is 9.56. The molecule has 1 nitrogen and oxygen atoms in total. The predicted molar refractivity (Wildman–Crippen MR) is 101 cm³/mol. The zero-order chi connectivity index (χ0) is 16.9. The Kier molecular flexibility index (Phi) is 4.49. The van der Waals surface area contributed by atoms with Gasteiger partial charge in [-0.15, -0.1) is 0 Å². The van der Waals surface area contributed by atoms with Gasteiger partial charge in [-0.1, -0.05) is 44.8 Å². The van der Waals surface area contributed by atoms with Crippen molar-refractivity contribution < 1.29 is 0 Å². The fraction of sp³-hybridized carbons (Fsp3) is 0.909. The smallest absolute Gasteiger partial charge is 0.0337 e. The first kappa shape index (κ1) is 17.5. The van der Waals surface area contributed by atoms with Gasteiger partial charge in [0.15, 0.2) is 0 Å². The molecular formula is C22H39N. The van der Waals surface area contributed by atoms with Crippen molar-refractivity contribution in [3.05, 3.63) is 11.6 Å². The standard InChI is InChI=1S/C22H39N/c1-17-16-20(2,3)23(6)19-11-15-22(5,14-10-18(17)19)21(4)12-8-7-9-13-21/h16,18-19H,7-15H2,1-6H3. The van der Waals surface area contributed by atoms with E-state index in [0.29, 0.717) is 10.8 Å². The van der Waals surface area contributed by atoms with Crippen LogP contribution in [0, 0.1) is 16.7 Å². The molecule has 0 amide bonds. The molecule has 3 unspecified atom stereocenters. The average molecular weight is 318 g/mol. The van der Waals surface area contributed by atoms with Gasteiger partial charge in [-0.2, -0.15) is 0 Å². The van der Waals surface area contributed by atoms with E-state index in [-0.39, 0.29) is 5.54 Å². The second kappa shape index (κ2) is 5.90. The van der Waals surface area contributed by atoms with Gasteiger partial charge in [0.25, 0.3) is 0 Å². The number of hydrogen-bond acceptors (Lipinski definition) is 1. The van der Waals surface area contributed by atoms with Crippen LogP contribution in [0.2, 0.25) is 0 Å². The molecule has 3 rings (SSSR count). The van der Waals surface area contributed by atoms with Gasteiger partial charge in [-0.3, -0.25) is 4.90 Å². The Morgan fingerprint density at radius 1 is 0.870 bits per heavy atom. The molecule has 0 aromatic rings. The lowest BCUT2D eigenvalue weighted by molar-refractivity contribution is 0.0115. The third-order valence-electron chi connectivity index (χ3n) is 8.45. The summed E-state index contributed by atoms with van der Waals surface area (Å²) in [6, 6.07) is 0.754. The molecule has 0 aromatic heterocycles. The topological polar surface area (TPSA) is 3.24 Å². The minimum absolute atomic E-state index is 0.223. The van der Waals surface area contributed by atoms with Crippen LogP contribution in [-0.4, -0.2) is 23.5 Å². The monoisotopic (exact) mass is 317 g/mol. The van der Waals surface area contributed by atoms with Crippen LogP contribution < -0.4 is 0 Å². The van der Waals surface area contributed by atoms with E-state index in [2.05, 4.69) is 52.6 Å². The number of hydrogen-bond donors (Lipinski definition) is 0. The van der Waals surface area contributed by atoms with Crippen LogP contribution >= 0.6 is 0 Å². The molecule has 132 valence electrons. The molecule has 2 saturated carbocycles. The van der Waals surface area contributed by atoms with Gasteiger partial charge in [0, 0.05) is 11.6 Å². The van der Waals surface area contributed by atoms with Gasteiger partial charge in [0.1, 0.15) is 0 Å². The highest BCUT2D eigenvalue weighted by Crippen LogP contribution is 2.57. The van der Waals surface area contributed by atoms with Gasteiger partial charge in [-0.05, 0) is 83.1 Å². The second-order valence-corrected chi connectivity index (χ2v) is 10.1. The Hall–Kier alpha value is -0.300. The van der Waals surface area contributed by atoms with E-state index < -0.39 is 0 Å². The van der Waals surface area contributed by atoms with Crippen molar-refractivity contribution >= 4 is 0 Å². The normalized spacial score (nSPS) is 40.9. The summed E-state index contributed by atoms with van der Waals surface area (Å²) in [6.45, 7) is 12.4. The molecule has 0 aromatic carbocycles. The third-order valence-corrected chi connectivity index (χ3v) is 8.45. The molecule has 1 aliphatic heterocycles. The Labute approximate surface area is 144 Å². The highest BCUT2D eigenvalue weighted by Gasteiger charge is 2.49. The molecular weight excluding hydrogens is 278 g/mol. The van der Waals surface area contributed by atoms with Crippen molar-refractivity contribution in [3.63, 3.8) is 0 Å². The molecule has 0 radical (unpaired) electrons. The van der Waals surface area contributed by atoms with Crippen LogP contribution in [0.5, 0.6) is 0 Å². The maximum atomic E-state index is 2.68. The number of likely N-dealkylation sites (N-methyl/N-ethyl adjacent to an activating group) is 1. The number of nitrogens with zero attached hydrogens (tertiary/aromatic N) is 1. The van der Waals surface area contributed by atoms with Gasteiger partial charge in [0.2, 0.25) is 0 Å². The molecule has 0 N–H and O–H groups in total. The SMILES string of the molecule is CC1=CC(C)(C)N(C)C2CCC(C)(C3(C)CCCCC3)CCC12. The largest absolute Gasteiger partial charge is 0.294 e. The first-order valence-corrected chi connectivity index (χ1v) is 10.1. The summed E-state index contributed by atoms with van der Waals surface area (Å²) in [6.07, 6.45) is 15.5. The summed E-state index contributed by atoms with van der Waals surface area (Å²) in [5.41, 5.74) is 3.03. The van der Waals surface area contributed by atoms with E-state index in [9.17, 15) is 0 Å². The van der Waals surface area contributed by atoms with Crippen LogP contribution in [0.25, 0.3) is 0 Å². The summed E-state index contributed by atoms with van der Waals surface area (Å²) < 4.78 is 0. The fourth-order valence-electron chi connectivity index (χ4n) is 6.19. The fourth-order valence-corrected chi connectivity index (χ4v) is 6.19. The Bertz CT molecular complexity index is 468. The quantitative estimate of drug-likeness (QED) is 0.521. The molecule has 0 saturated heterocycles. The van der Waals surface area contributed by atoms with Gasteiger partial charge >= 0.3 is 0 Å². The minimum atomic E-state index is 0.223. The van der Waals surface area contributed by atoms with E-state index in [4.69, 9.17) is 0 Å². The highest BCUT2D eigenvalue weighted by atomic mass is 15.2. The summed E-state index contributed by atoms with van der Waals surface area (Å²) in [7, 11) is 2.37. The Morgan fingerprint density at radius 3 is 2.09 bits per heavy atom. The Morgan fingerprint density at radius 2 is 1.43 bits per heavy atom. The predicted octanol–water partition coefficient (Wildman–Crippen LogP) is 6.19. The molecule has 0 bridgehead atoms. The van der Waals surface area contributed by atoms with Crippen LogP contribution in [0.4, 0.5) is 0 Å². The van der Waals surface area contributed by atoms with Crippen molar-refractivity contribution in [3.8, 4) is 0 Å². The number of fused-ring (bicyclic) bond motifs is 1. The van der Waals surface area contributed by atoms with Crippen molar-refractivity contribution in [2.45, 2.75) is 104 Å². The van der Waals surface area contributed by atoms with Crippen LogP contribution in [0.15, 0.2) is 11.6 Å². The summed E-state index contributed by atoms with van der Waals surface area (Å²) in [5, 5.41) is 0.